The van der Waals surface area contributed by atoms with E-state index in [1.807, 2.05) is 30.3 Å². The summed E-state index contributed by atoms with van der Waals surface area (Å²) in [6.45, 7) is 1.50. The lowest BCUT2D eigenvalue weighted by molar-refractivity contribution is -0.138. The van der Waals surface area contributed by atoms with E-state index >= 15 is 0 Å². The average molecular weight is 392 g/mol. The number of nitrogens with one attached hydrogen (secondary N) is 1. The van der Waals surface area contributed by atoms with E-state index in [-0.39, 0.29) is 36.0 Å². The molecule has 1 aromatic heterocycles. The van der Waals surface area contributed by atoms with Crippen LogP contribution in [0.4, 0.5) is 11.4 Å². The molecule has 1 unspecified atom stereocenters. The minimum atomic E-state index is -0.316. The predicted molar refractivity (Wildman–Crippen MR) is 109 cm³/mol. The van der Waals surface area contributed by atoms with Gasteiger partial charge in [-0.2, -0.15) is 0 Å². The van der Waals surface area contributed by atoms with Crippen LogP contribution in [0.3, 0.4) is 0 Å². The number of pyridine rings is 1. The second-order valence-electron chi connectivity index (χ2n) is 7.57. The lowest BCUT2D eigenvalue weighted by atomic mass is 9.94. The first-order valence-corrected chi connectivity index (χ1v) is 9.97. The normalized spacial score (nSPS) is 20.0. The number of para-hydroxylation sites is 1. The number of benzene rings is 1. The van der Waals surface area contributed by atoms with Crippen molar-refractivity contribution in [1.29, 1.82) is 0 Å². The largest absolute Gasteiger partial charge is 0.342 e. The van der Waals surface area contributed by atoms with Crippen LogP contribution in [-0.4, -0.2) is 47.2 Å². The van der Waals surface area contributed by atoms with Gasteiger partial charge in [-0.25, -0.2) is 0 Å². The Morgan fingerprint density at radius 3 is 2.45 bits per heavy atom. The first-order valence-electron chi connectivity index (χ1n) is 9.97. The van der Waals surface area contributed by atoms with Crippen LogP contribution in [0.2, 0.25) is 0 Å². The molecule has 3 amide bonds. The van der Waals surface area contributed by atoms with E-state index in [1.54, 1.807) is 34.3 Å². The van der Waals surface area contributed by atoms with Gasteiger partial charge in [-0.15, -0.1) is 0 Å². The Hall–Kier alpha value is -3.22. The van der Waals surface area contributed by atoms with Crippen LogP contribution in [-0.2, 0) is 14.4 Å². The monoisotopic (exact) mass is 392 g/mol. The summed E-state index contributed by atoms with van der Waals surface area (Å²) in [4.78, 5) is 45.3. The molecule has 4 rings (SSSR count). The van der Waals surface area contributed by atoms with Crippen molar-refractivity contribution in [3.63, 3.8) is 0 Å². The number of carbonyl (C=O) groups excluding carboxylic acids is 3. The second-order valence-corrected chi connectivity index (χ2v) is 7.57. The highest BCUT2D eigenvalue weighted by Crippen LogP contribution is 2.28. The first kappa shape index (κ1) is 19.1. The highest BCUT2D eigenvalue weighted by atomic mass is 16.2. The zero-order valence-corrected chi connectivity index (χ0v) is 16.2. The van der Waals surface area contributed by atoms with Gasteiger partial charge in [0.1, 0.15) is 0 Å². The predicted octanol–water partition coefficient (Wildman–Crippen LogP) is 2.31. The maximum atomic E-state index is 12.9. The van der Waals surface area contributed by atoms with E-state index in [1.165, 1.54) is 0 Å². The molecule has 150 valence electrons. The van der Waals surface area contributed by atoms with Crippen molar-refractivity contribution >= 4 is 29.1 Å². The Morgan fingerprint density at radius 1 is 1.00 bits per heavy atom. The summed E-state index contributed by atoms with van der Waals surface area (Å²) >= 11 is 0. The van der Waals surface area contributed by atoms with Crippen molar-refractivity contribution in [3.8, 4) is 0 Å². The molecule has 0 spiro atoms. The number of piperidine rings is 1. The molecule has 7 heteroatoms. The number of carbonyl (C=O) groups is 3. The van der Waals surface area contributed by atoms with Crippen molar-refractivity contribution < 1.29 is 14.4 Å². The number of nitrogens with zero attached hydrogens (tertiary/aromatic N) is 3. The van der Waals surface area contributed by atoms with Gasteiger partial charge in [-0.3, -0.25) is 19.4 Å². The second kappa shape index (κ2) is 8.43. The molecule has 2 aliphatic heterocycles. The van der Waals surface area contributed by atoms with Gasteiger partial charge >= 0.3 is 0 Å². The molecule has 1 aromatic carbocycles. The smallest absolute Gasteiger partial charge is 0.228 e. The Labute approximate surface area is 169 Å². The van der Waals surface area contributed by atoms with Gasteiger partial charge in [-0.05, 0) is 37.1 Å². The highest BCUT2D eigenvalue weighted by Gasteiger charge is 2.38. The van der Waals surface area contributed by atoms with E-state index in [0.29, 0.717) is 38.2 Å². The standard InChI is InChI=1S/C22H24N4O3/c27-20-13-17(15-26(20)19-6-2-1-3-7-19)22(29)25-11-8-16(9-12-25)21(28)24-18-5-4-10-23-14-18/h1-7,10,14,16-17H,8-9,11-13,15H2,(H,24,28). The van der Waals surface area contributed by atoms with Gasteiger partial charge in [0.25, 0.3) is 0 Å². The maximum absolute atomic E-state index is 12.9. The quantitative estimate of drug-likeness (QED) is 0.866. The summed E-state index contributed by atoms with van der Waals surface area (Å²) in [6.07, 6.45) is 4.77. The van der Waals surface area contributed by atoms with E-state index in [4.69, 9.17) is 0 Å². The van der Waals surface area contributed by atoms with Crippen molar-refractivity contribution in [2.45, 2.75) is 19.3 Å². The molecule has 2 aliphatic rings. The molecule has 3 heterocycles. The lowest BCUT2D eigenvalue weighted by Gasteiger charge is -2.32. The fraction of sp³-hybridized carbons (Fsp3) is 0.364. The van der Waals surface area contributed by atoms with Crippen LogP contribution in [0.1, 0.15) is 19.3 Å². The molecule has 1 atom stereocenters. The zero-order chi connectivity index (χ0) is 20.2. The van der Waals surface area contributed by atoms with Gasteiger partial charge in [0.2, 0.25) is 17.7 Å². The molecule has 2 aromatic rings. The Balaban J connectivity index is 1.30. The third kappa shape index (κ3) is 4.29. The van der Waals surface area contributed by atoms with Gasteiger partial charge in [0.05, 0.1) is 17.8 Å². The summed E-state index contributed by atoms with van der Waals surface area (Å²) in [5, 5.41) is 2.88. The minimum Gasteiger partial charge on any atom is -0.342 e. The van der Waals surface area contributed by atoms with Crippen LogP contribution in [0.25, 0.3) is 0 Å². The fourth-order valence-corrected chi connectivity index (χ4v) is 4.03. The van der Waals surface area contributed by atoms with Crippen LogP contribution in [0.15, 0.2) is 54.9 Å². The molecular formula is C22H24N4O3. The van der Waals surface area contributed by atoms with E-state index in [9.17, 15) is 14.4 Å². The third-order valence-corrected chi connectivity index (χ3v) is 5.65. The van der Waals surface area contributed by atoms with Gasteiger partial charge < -0.3 is 15.1 Å². The summed E-state index contributed by atoms with van der Waals surface area (Å²) in [6, 6.07) is 13.0. The Bertz CT molecular complexity index is 879. The van der Waals surface area contributed by atoms with Crippen LogP contribution in [0.5, 0.6) is 0 Å². The van der Waals surface area contributed by atoms with Crippen molar-refractivity contribution in [3.05, 3.63) is 54.9 Å². The maximum Gasteiger partial charge on any atom is 0.228 e. The number of hydrogen-bond donors (Lipinski definition) is 1. The molecule has 0 saturated carbocycles. The van der Waals surface area contributed by atoms with Gasteiger partial charge in [0.15, 0.2) is 0 Å². The number of aromatic nitrogens is 1. The average Bonchev–Trinajstić information content (AvgIpc) is 3.16. The molecule has 7 nitrogen and oxygen atoms in total. The van der Waals surface area contributed by atoms with E-state index in [2.05, 4.69) is 10.3 Å². The number of hydrogen-bond acceptors (Lipinski definition) is 4. The molecule has 1 N–H and O–H groups in total. The summed E-state index contributed by atoms with van der Waals surface area (Å²) in [5.41, 5.74) is 1.51. The van der Waals surface area contributed by atoms with Crippen LogP contribution in [0, 0.1) is 11.8 Å². The topological polar surface area (TPSA) is 82.6 Å². The Morgan fingerprint density at radius 2 is 1.76 bits per heavy atom. The molecule has 0 radical (unpaired) electrons. The number of likely N-dealkylation sites (tertiary alicyclic amines) is 1. The van der Waals surface area contributed by atoms with Crippen molar-refractivity contribution in [2.75, 3.05) is 29.9 Å². The van der Waals surface area contributed by atoms with Crippen molar-refractivity contribution in [1.82, 2.24) is 9.88 Å². The van der Waals surface area contributed by atoms with Gasteiger partial charge in [0, 0.05) is 43.9 Å². The Kier molecular flexibility index (Phi) is 5.55. The van der Waals surface area contributed by atoms with E-state index < -0.39 is 0 Å². The van der Waals surface area contributed by atoms with Crippen LogP contribution < -0.4 is 10.2 Å². The summed E-state index contributed by atoms with van der Waals surface area (Å²) in [7, 11) is 0. The number of anilines is 2. The first-order chi connectivity index (χ1) is 14.1. The molecule has 29 heavy (non-hydrogen) atoms. The van der Waals surface area contributed by atoms with Crippen LogP contribution >= 0.6 is 0 Å². The number of amides is 3. The molecule has 0 bridgehead atoms. The highest BCUT2D eigenvalue weighted by molar-refractivity contribution is 6.00. The SMILES string of the molecule is O=C(Nc1cccnc1)C1CCN(C(=O)C2CC(=O)N(c3ccccc3)C2)CC1. The third-order valence-electron chi connectivity index (χ3n) is 5.65. The molecular weight excluding hydrogens is 368 g/mol. The molecule has 2 saturated heterocycles. The summed E-state index contributed by atoms with van der Waals surface area (Å²) in [5.74, 6) is -0.465. The minimum absolute atomic E-state index is 0.0136. The number of rotatable bonds is 4. The molecule has 0 aliphatic carbocycles. The van der Waals surface area contributed by atoms with Gasteiger partial charge in [-0.1, -0.05) is 18.2 Å². The molecule has 2 fully saturated rings. The zero-order valence-electron chi connectivity index (χ0n) is 16.2. The lowest BCUT2D eigenvalue weighted by Crippen LogP contribution is -2.44. The van der Waals surface area contributed by atoms with Crippen molar-refractivity contribution in [2.24, 2.45) is 11.8 Å². The van der Waals surface area contributed by atoms with E-state index in [0.717, 1.165) is 5.69 Å². The summed E-state index contributed by atoms with van der Waals surface area (Å²) < 4.78 is 0. The fourth-order valence-electron chi connectivity index (χ4n) is 4.03.